The lowest BCUT2D eigenvalue weighted by Crippen LogP contribution is -2.13. The van der Waals surface area contributed by atoms with Crippen LogP contribution in [0, 0.1) is 0 Å². The molecule has 3 aromatic rings. The first-order valence-electron chi connectivity index (χ1n) is 12.7. The number of halogens is 2. The van der Waals surface area contributed by atoms with Crippen LogP contribution in [-0.2, 0) is 33.5 Å². The fraction of sp³-hybridized carbons (Fsp3) is 0.345. The Hall–Kier alpha value is -2.91. The molecule has 0 aliphatic heterocycles. The second kappa shape index (κ2) is 13.0. The number of amides is 1. The zero-order valence-corrected chi connectivity index (χ0v) is 24.3. The summed E-state index contributed by atoms with van der Waals surface area (Å²) in [6.45, 7) is 2.17. The van der Waals surface area contributed by atoms with Crippen molar-refractivity contribution in [3.05, 3.63) is 73.3 Å². The van der Waals surface area contributed by atoms with Crippen LogP contribution in [0.2, 0.25) is 10.0 Å². The molecule has 0 bridgehead atoms. The number of nitrogens with zero attached hydrogens (tertiary/aromatic N) is 1. The van der Waals surface area contributed by atoms with E-state index in [4.69, 9.17) is 37.7 Å². The van der Waals surface area contributed by atoms with Crippen LogP contribution in [0.15, 0.2) is 36.1 Å². The van der Waals surface area contributed by atoms with Crippen LogP contribution in [0.1, 0.15) is 58.1 Å². The lowest BCUT2D eigenvalue weighted by Gasteiger charge is -2.20. The Labute approximate surface area is 241 Å². The van der Waals surface area contributed by atoms with Crippen LogP contribution in [0.25, 0.3) is 17.3 Å². The summed E-state index contributed by atoms with van der Waals surface area (Å²) in [5, 5.41) is 12.8. The van der Waals surface area contributed by atoms with Gasteiger partial charge in [-0.3, -0.25) is 10.1 Å². The molecule has 0 radical (unpaired) electrons. The van der Waals surface area contributed by atoms with E-state index >= 15 is 0 Å². The number of thiazole rings is 1. The maximum atomic E-state index is 13.1. The summed E-state index contributed by atoms with van der Waals surface area (Å²) in [6, 6.07) is 9.23. The standard InChI is InChI=1S/C29H30Cl2N2O5S/c1-4-6-18(37-2)10-9-16-7-5-8-20-19(16)11-12-25-26(20)32-29(39-25)33-27(34)17-13-22(30)21(23(31)14-17)15-24(38-3)28(35)36/h5,7-8,13-15,18H,4,6,9-12H2,1-3H3,(H,35,36)(H,32,33,34)/b24-15+. The molecule has 1 aromatic heterocycles. The number of aryl methyl sites for hydroxylation is 2. The second-order valence-corrected chi connectivity index (χ2v) is 11.1. The number of benzene rings is 2. The zero-order valence-electron chi connectivity index (χ0n) is 22.0. The molecular weight excluding hydrogens is 559 g/mol. The number of anilines is 1. The van der Waals surface area contributed by atoms with Crippen LogP contribution in [0.4, 0.5) is 5.13 Å². The molecular formula is C29H30Cl2N2O5S. The molecule has 206 valence electrons. The van der Waals surface area contributed by atoms with Crippen molar-refractivity contribution in [1.82, 2.24) is 4.98 Å². The van der Waals surface area contributed by atoms with Crippen molar-refractivity contribution in [3.63, 3.8) is 0 Å². The normalized spacial score (nSPS) is 13.4. The van der Waals surface area contributed by atoms with Gasteiger partial charge in [-0.15, -0.1) is 11.3 Å². The Morgan fingerprint density at radius 1 is 1.18 bits per heavy atom. The number of hydrogen-bond donors (Lipinski definition) is 2. The highest BCUT2D eigenvalue weighted by Crippen LogP contribution is 2.40. The highest BCUT2D eigenvalue weighted by Gasteiger charge is 2.24. The van der Waals surface area contributed by atoms with E-state index < -0.39 is 11.9 Å². The lowest BCUT2D eigenvalue weighted by molar-refractivity contribution is -0.135. The van der Waals surface area contributed by atoms with Crippen LogP contribution >= 0.6 is 34.5 Å². The minimum Gasteiger partial charge on any atom is -0.490 e. The summed E-state index contributed by atoms with van der Waals surface area (Å²) in [5.41, 5.74) is 5.15. The van der Waals surface area contributed by atoms with Gasteiger partial charge in [-0.2, -0.15) is 0 Å². The van der Waals surface area contributed by atoms with E-state index in [1.807, 2.05) is 0 Å². The number of nitrogens with one attached hydrogen (secondary N) is 1. The highest BCUT2D eigenvalue weighted by molar-refractivity contribution is 7.16. The van der Waals surface area contributed by atoms with Gasteiger partial charge in [0.25, 0.3) is 5.91 Å². The molecule has 0 saturated carbocycles. The van der Waals surface area contributed by atoms with E-state index in [1.165, 1.54) is 47.8 Å². The lowest BCUT2D eigenvalue weighted by atomic mass is 9.87. The number of methoxy groups -OCH3 is 2. The molecule has 1 unspecified atom stereocenters. The Kier molecular flexibility index (Phi) is 9.67. The first kappa shape index (κ1) is 29.1. The molecule has 1 aliphatic rings. The van der Waals surface area contributed by atoms with Crippen molar-refractivity contribution in [2.45, 2.75) is 51.6 Å². The van der Waals surface area contributed by atoms with E-state index in [0.29, 0.717) is 5.13 Å². The number of fused-ring (bicyclic) bond motifs is 3. The zero-order chi connectivity index (χ0) is 28.1. The van der Waals surface area contributed by atoms with Crippen LogP contribution in [0.5, 0.6) is 0 Å². The average Bonchev–Trinajstić information content (AvgIpc) is 3.33. The Balaban J connectivity index is 1.54. The topological polar surface area (TPSA) is 97.8 Å². The third-order valence-corrected chi connectivity index (χ3v) is 8.43. The maximum Gasteiger partial charge on any atom is 0.371 e. The number of aromatic nitrogens is 1. The number of carboxylic acids is 1. The van der Waals surface area contributed by atoms with Gasteiger partial charge in [0.2, 0.25) is 5.76 Å². The fourth-order valence-electron chi connectivity index (χ4n) is 4.79. The number of carbonyl (C=O) groups excluding carboxylic acids is 1. The minimum atomic E-state index is -1.26. The molecule has 1 heterocycles. The van der Waals surface area contributed by atoms with Gasteiger partial charge >= 0.3 is 5.97 Å². The number of hydrogen-bond acceptors (Lipinski definition) is 6. The number of ether oxygens (including phenoxy) is 2. The van der Waals surface area contributed by atoms with Crippen molar-refractivity contribution >= 4 is 57.6 Å². The van der Waals surface area contributed by atoms with E-state index in [0.717, 1.165) is 54.7 Å². The SMILES string of the molecule is CCCC(CCc1cccc2c1CCc1sc(NC(=O)c3cc(Cl)c(/C=C(/OC)C(=O)O)c(Cl)c3)nc1-2)OC. The first-order valence-corrected chi connectivity index (χ1v) is 14.3. The monoisotopic (exact) mass is 588 g/mol. The summed E-state index contributed by atoms with van der Waals surface area (Å²) in [4.78, 5) is 30.2. The van der Waals surface area contributed by atoms with Crippen LogP contribution in [-0.4, -0.2) is 42.3 Å². The van der Waals surface area contributed by atoms with Crippen molar-refractivity contribution in [3.8, 4) is 11.3 Å². The smallest absolute Gasteiger partial charge is 0.371 e. The predicted molar refractivity (Wildman–Crippen MR) is 156 cm³/mol. The van der Waals surface area contributed by atoms with Gasteiger partial charge in [0.15, 0.2) is 5.13 Å². The first-order chi connectivity index (χ1) is 18.7. The van der Waals surface area contributed by atoms with Crippen molar-refractivity contribution in [2.24, 2.45) is 0 Å². The Bertz CT molecular complexity index is 1400. The van der Waals surface area contributed by atoms with Gasteiger partial charge in [-0.05, 0) is 61.4 Å². The van der Waals surface area contributed by atoms with Gasteiger partial charge in [-0.1, -0.05) is 54.7 Å². The summed E-state index contributed by atoms with van der Waals surface area (Å²) in [5.74, 6) is -2.00. The molecule has 7 nitrogen and oxygen atoms in total. The van der Waals surface area contributed by atoms with Gasteiger partial charge in [0.05, 0.1) is 29.0 Å². The van der Waals surface area contributed by atoms with E-state index in [-0.39, 0.29) is 33.0 Å². The Morgan fingerprint density at radius 2 is 1.92 bits per heavy atom. The molecule has 1 aliphatic carbocycles. The van der Waals surface area contributed by atoms with E-state index in [9.17, 15) is 14.7 Å². The van der Waals surface area contributed by atoms with Crippen LogP contribution < -0.4 is 5.32 Å². The van der Waals surface area contributed by atoms with Crippen molar-refractivity contribution < 1.29 is 24.2 Å². The molecule has 1 atom stereocenters. The molecule has 1 amide bonds. The third-order valence-electron chi connectivity index (χ3n) is 6.78. The summed E-state index contributed by atoms with van der Waals surface area (Å²) >= 11 is 14.1. The number of carboxylic acid groups (broad SMARTS) is 1. The van der Waals surface area contributed by atoms with Crippen molar-refractivity contribution in [1.29, 1.82) is 0 Å². The molecule has 0 spiro atoms. The molecule has 4 rings (SSSR count). The Morgan fingerprint density at radius 3 is 2.56 bits per heavy atom. The molecule has 39 heavy (non-hydrogen) atoms. The van der Waals surface area contributed by atoms with Crippen molar-refractivity contribution in [2.75, 3.05) is 19.5 Å². The molecule has 0 saturated heterocycles. The van der Waals surface area contributed by atoms with E-state index in [1.54, 1.807) is 7.11 Å². The molecule has 10 heteroatoms. The van der Waals surface area contributed by atoms with Crippen LogP contribution in [0.3, 0.4) is 0 Å². The van der Waals surface area contributed by atoms with Gasteiger partial charge in [-0.25, -0.2) is 9.78 Å². The summed E-state index contributed by atoms with van der Waals surface area (Å²) < 4.78 is 10.5. The summed E-state index contributed by atoms with van der Waals surface area (Å²) in [7, 11) is 3.02. The fourth-order valence-corrected chi connectivity index (χ4v) is 6.36. The van der Waals surface area contributed by atoms with E-state index in [2.05, 4.69) is 30.4 Å². The molecule has 2 aromatic carbocycles. The minimum absolute atomic E-state index is 0.123. The largest absolute Gasteiger partial charge is 0.490 e. The maximum absolute atomic E-state index is 13.1. The predicted octanol–water partition coefficient (Wildman–Crippen LogP) is 7.29. The average molecular weight is 590 g/mol. The molecule has 0 fully saturated rings. The summed E-state index contributed by atoms with van der Waals surface area (Å²) in [6.07, 6.45) is 7.36. The second-order valence-electron chi connectivity index (χ2n) is 9.24. The third kappa shape index (κ3) is 6.64. The van der Waals surface area contributed by atoms with Gasteiger partial charge in [0, 0.05) is 28.7 Å². The number of carbonyl (C=O) groups is 2. The number of aliphatic carboxylic acids is 1. The van der Waals surface area contributed by atoms with Gasteiger partial charge in [0.1, 0.15) is 0 Å². The number of rotatable bonds is 11. The van der Waals surface area contributed by atoms with Gasteiger partial charge < -0.3 is 14.6 Å². The quantitative estimate of drug-likeness (QED) is 0.180. The highest BCUT2D eigenvalue weighted by atomic mass is 35.5. The molecule has 2 N–H and O–H groups in total.